The van der Waals surface area contributed by atoms with Crippen LogP contribution in [0.2, 0.25) is 0 Å². The molecule has 176 valence electrons. The fraction of sp³-hybridized carbons (Fsp3) is 0.500. The highest BCUT2D eigenvalue weighted by molar-refractivity contribution is 5.98. The summed E-state index contributed by atoms with van der Waals surface area (Å²) in [6, 6.07) is 2.32. The van der Waals surface area contributed by atoms with Gasteiger partial charge in [-0.05, 0) is 53.7 Å². The Kier molecular flexibility index (Phi) is 9.11. The molecule has 0 saturated heterocycles. The lowest BCUT2D eigenvalue weighted by molar-refractivity contribution is -0.384. The van der Waals surface area contributed by atoms with Gasteiger partial charge in [0.05, 0.1) is 4.92 Å². The van der Waals surface area contributed by atoms with Crippen LogP contribution in [0.5, 0.6) is 0 Å². The molecule has 0 spiro atoms. The number of carbonyl (C=O) groups excluding carboxylic acids is 4. The molecule has 0 heterocycles. The number of nitrogens with one attached hydrogen (secondary N) is 4. The molecule has 0 aliphatic rings. The van der Waals surface area contributed by atoms with E-state index in [9.17, 15) is 29.3 Å². The number of non-ortho nitro benzene ring substituents is 1. The van der Waals surface area contributed by atoms with Gasteiger partial charge in [-0.1, -0.05) is 0 Å². The molecule has 4 N–H and O–H groups in total. The van der Waals surface area contributed by atoms with Crippen LogP contribution in [0.3, 0.4) is 0 Å². The molecule has 4 amide bonds. The van der Waals surface area contributed by atoms with Crippen LogP contribution in [-0.2, 0) is 19.1 Å². The highest BCUT2D eigenvalue weighted by atomic mass is 16.6. The summed E-state index contributed by atoms with van der Waals surface area (Å²) in [5, 5.41) is 20.5. The average molecular weight is 451 g/mol. The number of nitrogens with zero attached hydrogens (tertiary/aromatic N) is 1. The van der Waals surface area contributed by atoms with E-state index >= 15 is 0 Å². The highest BCUT2D eigenvalue weighted by Gasteiger charge is 2.25. The number of rotatable bonds is 8. The summed E-state index contributed by atoms with van der Waals surface area (Å²) in [4.78, 5) is 58.6. The maximum atomic E-state index is 12.3. The number of carbonyl (C=O) groups is 4. The number of anilines is 1. The summed E-state index contributed by atoms with van der Waals surface area (Å²) in [6.45, 7) is 9.35. The van der Waals surface area contributed by atoms with Crippen molar-refractivity contribution in [1.29, 1.82) is 0 Å². The minimum absolute atomic E-state index is 0.121. The standard InChI is InChI=1S/C20H29N5O7/c1-11(21-17(27)13(3)23-19(29)32-20(4,5)6)16(26)22-12(2)18(28)24-14-7-9-15(10-8-14)25(30)31/h7-13H,1-6H3,(H,21,27)(H,22,26)(H,23,29)(H,24,28)/t11-,12+,13-/m1/s1. The summed E-state index contributed by atoms with van der Waals surface area (Å²) < 4.78 is 5.07. The van der Waals surface area contributed by atoms with Gasteiger partial charge in [0.2, 0.25) is 17.7 Å². The van der Waals surface area contributed by atoms with Crippen molar-refractivity contribution in [2.75, 3.05) is 5.32 Å². The molecule has 1 aromatic rings. The monoisotopic (exact) mass is 451 g/mol. The lowest BCUT2D eigenvalue weighted by Gasteiger charge is -2.23. The van der Waals surface area contributed by atoms with Gasteiger partial charge in [0.1, 0.15) is 23.7 Å². The normalized spacial score (nSPS) is 13.7. The molecule has 0 aliphatic heterocycles. The number of amides is 4. The summed E-state index contributed by atoms with van der Waals surface area (Å²) in [5.41, 5.74) is -0.520. The van der Waals surface area contributed by atoms with Crippen LogP contribution in [-0.4, -0.2) is 52.5 Å². The molecular formula is C20H29N5O7. The van der Waals surface area contributed by atoms with Gasteiger partial charge in [0.15, 0.2) is 0 Å². The molecule has 12 nitrogen and oxygen atoms in total. The summed E-state index contributed by atoms with van der Waals surface area (Å²) in [6.07, 6.45) is -0.770. The van der Waals surface area contributed by atoms with Crippen molar-refractivity contribution in [3.8, 4) is 0 Å². The predicted molar refractivity (Wildman–Crippen MR) is 116 cm³/mol. The topological polar surface area (TPSA) is 169 Å². The molecule has 0 aliphatic carbocycles. The Balaban J connectivity index is 2.53. The van der Waals surface area contributed by atoms with Crippen LogP contribution in [0.25, 0.3) is 0 Å². The van der Waals surface area contributed by atoms with E-state index in [0.717, 1.165) is 0 Å². The fourth-order valence-corrected chi connectivity index (χ4v) is 2.27. The first-order valence-corrected chi connectivity index (χ1v) is 9.85. The Morgan fingerprint density at radius 3 is 1.72 bits per heavy atom. The minimum atomic E-state index is -0.986. The molecule has 1 aromatic carbocycles. The Morgan fingerprint density at radius 2 is 1.28 bits per heavy atom. The number of benzene rings is 1. The van der Waals surface area contributed by atoms with Gasteiger partial charge in [-0.3, -0.25) is 24.5 Å². The number of hydrogen-bond acceptors (Lipinski definition) is 7. The van der Waals surface area contributed by atoms with E-state index < -0.39 is 52.5 Å². The van der Waals surface area contributed by atoms with Gasteiger partial charge in [-0.25, -0.2) is 4.79 Å². The predicted octanol–water partition coefficient (Wildman–Crippen LogP) is 1.46. The first-order valence-electron chi connectivity index (χ1n) is 9.85. The summed E-state index contributed by atoms with van der Waals surface area (Å²) in [5.74, 6) is -1.78. The first kappa shape index (κ1) is 26.3. The molecule has 1 rings (SSSR count). The van der Waals surface area contributed by atoms with E-state index in [1.807, 2.05) is 0 Å². The first-order chi connectivity index (χ1) is 14.7. The lowest BCUT2D eigenvalue weighted by atomic mass is 10.2. The van der Waals surface area contributed by atoms with Crippen LogP contribution >= 0.6 is 0 Å². The second-order valence-electron chi connectivity index (χ2n) is 8.12. The third-order valence-corrected chi connectivity index (χ3v) is 3.98. The molecule has 0 fully saturated rings. The lowest BCUT2D eigenvalue weighted by Crippen LogP contribution is -2.54. The molecule has 0 aromatic heterocycles. The van der Waals surface area contributed by atoms with E-state index in [1.165, 1.54) is 45.0 Å². The smallest absolute Gasteiger partial charge is 0.408 e. The van der Waals surface area contributed by atoms with Crippen molar-refractivity contribution in [1.82, 2.24) is 16.0 Å². The van der Waals surface area contributed by atoms with Gasteiger partial charge in [-0.2, -0.15) is 0 Å². The summed E-state index contributed by atoms with van der Waals surface area (Å²) >= 11 is 0. The largest absolute Gasteiger partial charge is 0.444 e. The van der Waals surface area contributed by atoms with Gasteiger partial charge in [-0.15, -0.1) is 0 Å². The van der Waals surface area contributed by atoms with Gasteiger partial charge < -0.3 is 26.0 Å². The Bertz CT molecular complexity index is 864. The fourth-order valence-electron chi connectivity index (χ4n) is 2.27. The molecular weight excluding hydrogens is 422 g/mol. The number of alkyl carbamates (subject to hydrolysis) is 1. The van der Waals surface area contributed by atoms with Gasteiger partial charge in [0.25, 0.3) is 5.69 Å². The Hall–Kier alpha value is -3.70. The van der Waals surface area contributed by atoms with Crippen molar-refractivity contribution in [2.45, 2.75) is 65.3 Å². The summed E-state index contributed by atoms with van der Waals surface area (Å²) in [7, 11) is 0. The second kappa shape index (κ2) is 11.1. The number of ether oxygens (including phenoxy) is 1. The molecule has 32 heavy (non-hydrogen) atoms. The van der Waals surface area contributed by atoms with Crippen molar-refractivity contribution < 1.29 is 28.8 Å². The Labute approximate surface area is 185 Å². The third kappa shape index (κ3) is 8.98. The van der Waals surface area contributed by atoms with Crippen molar-refractivity contribution in [3.05, 3.63) is 34.4 Å². The van der Waals surface area contributed by atoms with Crippen LogP contribution in [0.1, 0.15) is 41.5 Å². The maximum absolute atomic E-state index is 12.3. The number of hydrogen-bond donors (Lipinski definition) is 4. The number of nitro benzene ring substituents is 1. The van der Waals surface area contributed by atoms with Crippen LogP contribution in [0.15, 0.2) is 24.3 Å². The van der Waals surface area contributed by atoms with E-state index in [0.29, 0.717) is 5.69 Å². The maximum Gasteiger partial charge on any atom is 0.408 e. The number of nitro groups is 1. The SMILES string of the molecule is C[C@H](NC(=O)[C@@H](C)NC(=O)[C@@H](C)NC(=O)OC(C)(C)C)C(=O)Nc1ccc([N+](=O)[O-])cc1. The molecule has 0 unspecified atom stereocenters. The van der Waals surface area contributed by atoms with Gasteiger partial charge >= 0.3 is 6.09 Å². The zero-order valence-corrected chi connectivity index (χ0v) is 18.8. The van der Waals surface area contributed by atoms with E-state index in [1.54, 1.807) is 20.8 Å². The highest BCUT2D eigenvalue weighted by Crippen LogP contribution is 2.15. The quantitative estimate of drug-likeness (QED) is 0.342. The van der Waals surface area contributed by atoms with E-state index in [-0.39, 0.29) is 5.69 Å². The minimum Gasteiger partial charge on any atom is -0.444 e. The van der Waals surface area contributed by atoms with Gasteiger partial charge in [0, 0.05) is 17.8 Å². The van der Waals surface area contributed by atoms with Crippen LogP contribution in [0, 0.1) is 10.1 Å². The van der Waals surface area contributed by atoms with E-state index in [4.69, 9.17) is 4.74 Å². The van der Waals surface area contributed by atoms with Crippen molar-refractivity contribution in [2.24, 2.45) is 0 Å². The molecule has 0 saturated carbocycles. The molecule has 12 heteroatoms. The van der Waals surface area contributed by atoms with Crippen molar-refractivity contribution >= 4 is 35.2 Å². The molecule has 0 bridgehead atoms. The average Bonchev–Trinajstić information content (AvgIpc) is 2.66. The van der Waals surface area contributed by atoms with E-state index in [2.05, 4.69) is 21.3 Å². The Morgan fingerprint density at radius 1 is 0.844 bits per heavy atom. The van der Waals surface area contributed by atoms with Crippen LogP contribution in [0.4, 0.5) is 16.2 Å². The third-order valence-electron chi connectivity index (χ3n) is 3.98. The zero-order chi connectivity index (χ0) is 24.6. The molecule has 3 atom stereocenters. The van der Waals surface area contributed by atoms with Crippen LogP contribution < -0.4 is 21.3 Å². The second-order valence-corrected chi connectivity index (χ2v) is 8.12. The molecule has 0 radical (unpaired) electrons. The van der Waals surface area contributed by atoms with Crippen molar-refractivity contribution in [3.63, 3.8) is 0 Å². The zero-order valence-electron chi connectivity index (χ0n) is 18.8.